The van der Waals surface area contributed by atoms with Gasteiger partial charge in [0.05, 0.1) is 21.8 Å². The molecular weight excluding hydrogens is 406 g/mol. The number of anilines is 1. The van der Waals surface area contributed by atoms with E-state index in [4.69, 9.17) is 20.9 Å². The lowest BCUT2D eigenvalue weighted by Crippen LogP contribution is -2.14. The number of carbonyl (C=O) groups is 1. The number of nitrogens with zero attached hydrogens (tertiary/aromatic N) is 1. The molecule has 1 heterocycles. The van der Waals surface area contributed by atoms with E-state index in [1.54, 1.807) is 38.1 Å². The van der Waals surface area contributed by atoms with Crippen LogP contribution >= 0.6 is 11.6 Å². The first kappa shape index (κ1) is 20.6. The molecule has 0 fully saturated rings. The zero-order valence-electron chi connectivity index (χ0n) is 15.5. The highest BCUT2D eigenvalue weighted by molar-refractivity contribution is 6.32. The number of benzene rings is 2. The van der Waals surface area contributed by atoms with E-state index in [0.29, 0.717) is 28.5 Å². The van der Waals surface area contributed by atoms with Crippen LogP contribution in [0.4, 0.5) is 14.5 Å². The molecule has 3 rings (SSSR count). The highest BCUT2D eigenvalue weighted by Gasteiger charge is 2.16. The Bertz CT molecular complexity index is 1000. The fourth-order valence-electron chi connectivity index (χ4n) is 2.61. The summed E-state index contributed by atoms with van der Waals surface area (Å²) in [5, 5.41) is 6.48. The second-order valence-electron chi connectivity index (χ2n) is 6.07. The fraction of sp³-hybridized carbons (Fsp3) is 0.200. The number of halogens is 3. The maximum absolute atomic E-state index is 12.7. The monoisotopic (exact) mass is 422 g/mol. The molecular formula is C20H17ClF2N2O4. The molecule has 9 heteroatoms. The van der Waals surface area contributed by atoms with Gasteiger partial charge in [0.2, 0.25) is 0 Å². The lowest BCUT2D eigenvalue weighted by atomic mass is 10.1. The molecule has 0 atom stereocenters. The third-order valence-corrected chi connectivity index (χ3v) is 4.39. The lowest BCUT2D eigenvalue weighted by Gasteiger charge is -2.13. The number of carbonyl (C=O) groups excluding carboxylic acids is 1. The number of aryl methyl sites for hydroxylation is 2. The highest BCUT2D eigenvalue weighted by Crippen LogP contribution is 2.30. The van der Waals surface area contributed by atoms with E-state index in [9.17, 15) is 13.6 Å². The molecule has 0 aliphatic heterocycles. The molecule has 0 saturated carbocycles. The molecule has 1 amide bonds. The first-order valence-electron chi connectivity index (χ1n) is 8.54. The zero-order chi connectivity index (χ0) is 21.0. The van der Waals surface area contributed by atoms with Gasteiger partial charge in [-0.1, -0.05) is 28.9 Å². The van der Waals surface area contributed by atoms with Crippen LogP contribution in [0.5, 0.6) is 11.5 Å². The van der Waals surface area contributed by atoms with Crippen molar-refractivity contribution in [3.05, 3.63) is 70.1 Å². The Morgan fingerprint density at radius 3 is 2.62 bits per heavy atom. The van der Waals surface area contributed by atoms with Gasteiger partial charge in [-0.2, -0.15) is 8.78 Å². The summed E-state index contributed by atoms with van der Waals surface area (Å²) in [6, 6.07) is 10.7. The molecule has 1 aromatic heterocycles. The molecule has 3 aromatic rings. The molecule has 2 aromatic carbocycles. The van der Waals surface area contributed by atoms with Crippen molar-refractivity contribution in [2.75, 3.05) is 5.32 Å². The molecule has 0 aliphatic rings. The summed E-state index contributed by atoms with van der Waals surface area (Å²) >= 11 is 5.92. The third kappa shape index (κ3) is 5.03. The van der Waals surface area contributed by atoms with E-state index in [1.807, 2.05) is 0 Å². The van der Waals surface area contributed by atoms with Crippen molar-refractivity contribution in [1.29, 1.82) is 0 Å². The molecule has 6 nitrogen and oxygen atoms in total. The largest absolute Gasteiger partial charge is 0.488 e. The normalized spacial score (nSPS) is 10.8. The second-order valence-corrected chi connectivity index (χ2v) is 6.47. The quantitative estimate of drug-likeness (QED) is 0.553. The van der Waals surface area contributed by atoms with Gasteiger partial charge in [-0.25, -0.2) is 0 Å². The van der Waals surface area contributed by atoms with Crippen molar-refractivity contribution in [1.82, 2.24) is 5.16 Å². The Balaban J connectivity index is 1.74. The number of rotatable bonds is 7. The summed E-state index contributed by atoms with van der Waals surface area (Å²) in [7, 11) is 0. The van der Waals surface area contributed by atoms with Crippen LogP contribution in [0.2, 0.25) is 5.02 Å². The van der Waals surface area contributed by atoms with E-state index in [0.717, 1.165) is 5.56 Å². The van der Waals surface area contributed by atoms with Gasteiger partial charge >= 0.3 is 6.61 Å². The predicted octanol–water partition coefficient (Wildman–Crippen LogP) is 5.38. The van der Waals surface area contributed by atoms with Crippen LogP contribution < -0.4 is 14.8 Å². The molecule has 1 N–H and O–H groups in total. The Labute approximate surface area is 170 Å². The SMILES string of the molecule is Cc1noc(C)c1COc1ccccc1C(=O)Nc1ccc(OC(F)F)c(Cl)c1. The van der Waals surface area contributed by atoms with Crippen molar-refractivity contribution in [2.45, 2.75) is 27.1 Å². The number of hydrogen-bond acceptors (Lipinski definition) is 5. The molecule has 152 valence electrons. The van der Waals surface area contributed by atoms with Crippen LogP contribution in [0.3, 0.4) is 0 Å². The van der Waals surface area contributed by atoms with Gasteiger partial charge in [0.25, 0.3) is 5.91 Å². The van der Waals surface area contributed by atoms with E-state index >= 15 is 0 Å². The molecule has 0 spiro atoms. The van der Waals surface area contributed by atoms with E-state index in [1.165, 1.54) is 18.2 Å². The van der Waals surface area contributed by atoms with Gasteiger partial charge in [-0.05, 0) is 44.2 Å². The number of amides is 1. The summed E-state index contributed by atoms with van der Waals surface area (Å²) in [4.78, 5) is 12.7. The van der Waals surface area contributed by atoms with Gasteiger partial charge < -0.3 is 19.3 Å². The number of para-hydroxylation sites is 1. The van der Waals surface area contributed by atoms with Crippen molar-refractivity contribution in [3.8, 4) is 11.5 Å². The van der Waals surface area contributed by atoms with Crippen LogP contribution in [0.15, 0.2) is 47.0 Å². The van der Waals surface area contributed by atoms with Crippen molar-refractivity contribution >= 4 is 23.2 Å². The Morgan fingerprint density at radius 1 is 1.21 bits per heavy atom. The predicted molar refractivity (Wildman–Crippen MR) is 103 cm³/mol. The zero-order valence-corrected chi connectivity index (χ0v) is 16.3. The number of hydrogen-bond donors (Lipinski definition) is 1. The third-order valence-electron chi connectivity index (χ3n) is 4.09. The number of nitrogens with one attached hydrogen (secondary N) is 1. The minimum Gasteiger partial charge on any atom is -0.488 e. The molecule has 0 radical (unpaired) electrons. The Kier molecular flexibility index (Phi) is 6.33. The molecule has 0 bridgehead atoms. The topological polar surface area (TPSA) is 73.6 Å². The van der Waals surface area contributed by atoms with E-state index < -0.39 is 12.5 Å². The van der Waals surface area contributed by atoms with Crippen LogP contribution in [-0.4, -0.2) is 17.7 Å². The average molecular weight is 423 g/mol. The van der Waals surface area contributed by atoms with Crippen LogP contribution in [0.1, 0.15) is 27.4 Å². The molecule has 29 heavy (non-hydrogen) atoms. The van der Waals surface area contributed by atoms with Crippen LogP contribution in [0, 0.1) is 13.8 Å². The Morgan fingerprint density at radius 2 is 1.97 bits per heavy atom. The van der Waals surface area contributed by atoms with E-state index in [-0.39, 0.29) is 17.4 Å². The number of ether oxygens (including phenoxy) is 2. The van der Waals surface area contributed by atoms with Crippen LogP contribution in [-0.2, 0) is 6.61 Å². The maximum Gasteiger partial charge on any atom is 0.387 e. The maximum atomic E-state index is 12.7. The average Bonchev–Trinajstić information content (AvgIpc) is 3.00. The lowest BCUT2D eigenvalue weighted by molar-refractivity contribution is -0.0497. The summed E-state index contributed by atoms with van der Waals surface area (Å²) in [6.45, 7) is 0.785. The first-order chi connectivity index (χ1) is 13.8. The van der Waals surface area contributed by atoms with Crippen molar-refractivity contribution < 1.29 is 27.6 Å². The molecule has 0 aliphatic carbocycles. The first-order valence-corrected chi connectivity index (χ1v) is 8.92. The minimum atomic E-state index is -2.99. The fourth-order valence-corrected chi connectivity index (χ4v) is 2.83. The molecule has 0 saturated heterocycles. The van der Waals surface area contributed by atoms with Gasteiger partial charge in [-0.15, -0.1) is 0 Å². The smallest absolute Gasteiger partial charge is 0.387 e. The van der Waals surface area contributed by atoms with Crippen LogP contribution in [0.25, 0.3) is 0 Å². The van der Waals surface area contributed by atoms with Gasteiger partial charge in [0.1, 0.15) is 23.9 Å². The highest BCUT2D eigenvalue weighted by atomic mass is 35.5. The van der Waals surface area contributed by atoms with Gasteiger partial charge in [0, 0.05) is 5.69 Å². The van der Waals surface area contributed by atoms with Gasteiger partial charge in [-0.3, -0.25) is 4.79 Å². The van der Waals surface area contributed by atoms with Crippen molar-refractivity contribution in [3.63, 3.8) is 0 Å². The van der Waals surface area contributed by atoms with Gasteiger partial charge in [0.15, 0.2) is 0 Å². The molecule has 0 unspecified atom stereocenters. The number of aromatic nitrogens is 1. The second kappa shape index (κ2) is 8.91. The summed E-state index contributed by atoms with van der Waals surface area (Å²) in [5.41, 5.74) is 2.14. The van der Waals surface area contributed by atoms with Crippen molar-refractivity contribution in [2.24, 2.45) is 0 Å². The summed E-state index contributed by atoms with van der Waals surface area (Å²) in [6.07, 6.45) is 0. The van der Waals surface area contributed by atoms with E-state index in [2.05, 4.69) is 15.2 Å². The minimum absolute atomic E-state index is 0.0500. The summed E-state index contributed by atoms with van der Waals surface area (Å²) in [5.74, 6) is 0.389. The standard InChI is InChI=1S/C20H17ClF2N2O4/c1-11-15(12(2)29-25-11)10-27-17-6-4-3-5-14(17)19(26)24-13-7-8-18(16(21)9-13)28-20(22)23/h3-9,20H,10H2,1-2H3,(H,24,26). The Hall–Kier alpha value is -3.13. The number of alkyl halides is 2. The summed E-state index contributed by atoms with van der Waals surface area (Å²) < 4.78 is 39.8.